The van der Waals surface area contributed by atoms with E-state index in [9.17, 15) is 4.79 Å². The van der Waals surface area contributed by atoms with E-state index in [1.165, 1.54) is 0 Å². The van der Waals surface area contributed by atoms with E-state index in [1.54, 1.807) is 0 Å². The smallest absolute Gasteiger partial charge is 0.287 e. The zero-order valence-corrected chi connectivity index (χ0v) is 15.0. The first-order chi connectivity index (χ1) is 12.1. The lowest BCUT2D eigenvalue weighted by Crippen LogP contribution is -2.89. The van der Waals surface area contributed by atoms with Crippen LogP contribution in [0.25, 0.3) is 0 Å². The molecule has 3 N–H and O–H groups in total. The van der Waals surface area contributed by atoms with Gasteiger partial charge in [-0.3, -0.25) is 4.79 Å². The number of rotatable bonds is 6. The highest BCUT2D eigenvalue weighted by atomic mass is 16.5. The zero-order chi connectivity index (χ0) is 17.6. The molecule has 0 radical (unpaired) electrons. The summed E-state index contributed by atoms with van der Waals surface area (Å²) in [6.07, 6.45) is 2.44. The van der Waals surface area contributed by atoms with Gasteiger partial charge in [0.05, 0.1) is 0 Å². The molecule has 3 rings (SSSR count). The fraction of sp³-hybridized carbons (Fsp3) is 0.381. The molecule has 1 aliphatic rings. The molecule has 0 bridgehead atoms. The van der Waals surface area contributed by atoms with Crippen LogP contribution in [0.1, 0.15) is 35.6 Å². The second-order valence-electron chi connectivity index (χ2n) is 6.86. The number of nitrogens with one attached hydrogen (secondary N) is 1. The van der Waals surface area contributed by atoms with Gasteiger partial charge < -0.3 is 15.4 Å². The van der Waals surface area contributed by atoms with E-state index in [-0.39, 0.29) is 18.1 Å². The quantitative estimate of drug-likeness (QED) is 0.850. The SMILES string of the molecule is Cc1cc(C)cc(NC(=O)[C@@H]([NH2+]C[C@H]2CCCO2)c2ccccc2)c1. The molecule has 4 nitrogen and oxygen atoms in total. The van der Waals surface area contributed by atoms with Gasteiger partial charge in [0, 0.05) is 17.9 Å². The van der Waals surface area contributed by atoms with Crippen molar-refractivity contribution in [1.82, 2.24) is 0 Å². The van der Waals surface area contributed by atoms with Crippen LogP contribution in [-0.2, 0) is 9.53 Å². The van der Waals surface area contributed by atoms with Gasteiger partial charge in [0.2, 0.25) is 0 Å². The summed E-state index contributed by atoms with van der Waals surface area (Å²) in [5.74, 6) is 0.00852. The number of aryl methyl sites for hydroxylation is 2. The third-order valence-electron chi connectivity index (χ3n) is 4.59. The normalized spacial score (nSPS) is 18.1. The fourth-order valence-corrected chi connectivity index (χ4v) is 3.44. The van der Waals surface area contributed by atoms with E-state index in [2.05, 4.69) is 16.7 Å². The van der Waals surface area contributed by atoms with Crippen LogP contribution < -0.4 is 10.6 Å². The molecule has 2 aromatic rings. The van der Waals surface area contributed by atoms with E-state index in [0.29, 0.717) is 0 Å². The minimum atomic E-state index is -0.272. The van der Waals surface area contributed by atoms with Crippen LogP contribution in [0.3, 0.4) is 0 Å². The van der Waals surface area contributed by atoms with E-state index >= 15 is 0 Å². The van der Waals surface area contributed by atoms with Crippen LogP contribution in [0, 0.1) is 13.8 Å². The number of anilines is 1. The highest BCUT2D eigenvalue weighted by Gasteiger charge is 2.27. The Bertz CT molecular complexity index is 689. The zero-order valence-electron chi connectivity index (χ0n) is 15.0. The van der Waals surface area contributed by atoms with E-state index < -0.39 is 0 Å². The predicted molar refractivity (Wildman–Crippen MR) is 99.5 cm³/mol. The summed E-state index contributed by atoms with van der Waals surface area (Å²) in [6.45, 7) is 5.73. The Labute approximate surface area is 149 Å². The number of carbonyl (C=O) groups excluding carboxylic acids is 1. The molecule has 1 saturated heterocycles. The molecule has 25 heavy (non-hydrogen) atoms. The van der Waals surface area contributed by atoms with Crippen molar-refractivity contribution in [2.24, 2.45) is 0 Å². The topological polar surface area (TPSA) is 54.9 Å². The van der Waals surface area contributed by atoms with Gasteiger partial charge in [-0.05, 0) is 49.9 Å². The molecule has 2 aromatic carbocycles. The predicted octanol–water partition coefficient (Wildman–Crippen LogP) is 2.73. The third-order valence-corrected chi connectivity index (χ3v) is 4.59. The van der Waals surface area contributed by atoms with E-state index in [4.69, 9.17) is 4.74 Å². The molecule has 1 fully saturated rings. The minimum absolute atomic E-state index is 0.00852. The summed E-state index contributed by atoms with van der Waals surface area (Å²) in [5.41, 5.74) is 4.17. The first-order valence-electron chi connectivity index (χ1n) is 9.01. The Morgan fingerprint density at radius 3 is 2.56 bits per heavy atom. The molecule has 1 amide bonds. The Kier molecular flexibility index (Phi) is 5.84. The van der Waals surface area contributed by atoms with Gasteiger partial charge in [0.25, 0.3) is 5.91 Å². The molecule has 4 heteroatoms. The van der Waals surface area contributed by atoms with Gasteiger partial charge in [0.15, 0.2) is 6.04 Å². The summed E-state index contributed by atoms with van der Waals surface area (Å²) in [4.78, 5) is 13.0. The van der Waals surface area contributed by atoms with Gasteiger partial charge in [-0.2, -0.15) is 0 Å². The molecular weight excluding hydrogens is 312 g/mol. The van der Waals surface area contributed by atoms with Crippen molar-refractivity contribution >= 4 is 11.6 Å². The number of ether oxygens (including phenoxy) is 1. The molecule has 0 unspecified atom stereocenters. The lowest BCUT2D eigenvalue weighted by Gasteiger charge is -2.18. The molecular formula is C21H27N2O2+. The Balaban J connectivity index is 1.73. The summed E-state index contributed by atoms with van der Waals surface area (Å²) < 4.78 is 5.71. The van der Waals surface area contributed by atoms with Crippen molar-refractivity contribution in [2.75, 3.05) is 18.5 Å². The summed E-state index contributed by atoms with van der Waals surface area (Å²) in [7, 11) is 0. The highest BCUT2D eigenvalue weighted by molar-refractivity contribution is 5.94. The van der Waals surface area contributed by atoms with Crippen LogP contribution in [-0.4, -0.2) is 25.2 Å². The molecule has 132 valence electrons. The van der Waals surface area contributed by atoms with Gasteiger partial charge in [-0.15, -0.1) is 0 Å². The second kappa shape index (κ2) is 8.28. The van der Waals surface area contributed by atoms with Crippen LogP contribution in [0.4, 0.5) is 5.69 Å². The first kappa shape index (κ1) is 17.6. The summed E-state index contributed by atoms with van der Waals surface area (Å²) in [6, 6.07) is 15.8. The van der Waals surface area contributed by atoms with E-state index in [0.717, 1.165) is 48.4 Å². The molecule has 2 atom stereocenters. The van der Waals surface area contributed by atoms with Crippen LogP contribution in [0.5, 0.6) is 0 Å². The van der Waals surface area contributed by atoms with Crippen molar-refractivity contribution < 1.29 is 14.8 Å². The van der Waals surface area contributed by atoms with Gasteiger partial charge in [-0.1, -0.05) is 36.4 Å². The number of hydrogen-bond acceptors (Lipinski definition) is 2. The van der Waals surface area contributed by atoms with E-state index in [1.807, 2.05) is 56.3 Å². The Morgan fingerprint density at radius 2 is 1.92 bits per heavy atom. The van der Waals surface area contributed by atoms with Crippen LogP contribution >= 0.6 is 0 Å². The van der Waals surface area contributed by atoms with Crippen molar-refractivity contribution in [3.05, 3.63) is 65.2 Å². The lowest BCUT2D eigenvalue weighted by atomic mass is 10.0. The maximum absolute atomic E-state index is 13.0. The molecule has 0 saturated carbocycles. The largest absolute Gasteiger partial charge is 0.372 e. The summed E-state index contributed by atoms with van der Waals surface area (Å²) >= 11 is 0. The number of quaternary nitrogens is 1. The molecule has 0 spiro atoms. The van der Waals surface area contributed by atoms with Gasteiger partial charge >= 0.3 is 0 Å². The maximum atomic E-state index is 13.0. The average Bonchev–Trinajstić information content (AvgIpc) is 3.08. The first-order valence-corrected chi connectivity index (χ1v) is 9.01. The molecule has 0 aliphatic carbocycles. The van der Waals surface area contributed by atoms with Gasteiger partial charge in [-0.25, -0.2) is 0 Å². The Hall–Kier alpha value is -2.17. The van der Waals surface area contributed by atoms with Crippen molar-refractivity contribution in [3.8, 4) is 0 Å². The fourth-order valence-electron chi connectivity index (χ4n) is 3.44. The van der Waals surface area contributed by atoms with Crippen LogP contribution in [0.2, 0.25) is 0 Å². The van der Waals surface area contributed by atoms with Gasteiger partial charge in [0.1, 0.15) is 12.6 Å². The lowest BCUT2D eigenvalue weighted by molar-refractivity contribution is -0.687. The van der Waals surface area contributed by atoms with Crippen molar-refractivity contribution in [2.45, 2.75) is 38.8 Å². The number of benzene rings is 2. The molecule has 0 aromatic heterocycles. The second-order valence-corrected chi connectivity index (χ2v) is 6.86. The maximum Gasteiger partial charge on any atom is 0.287 e. The average molecular weight is 339 g/mol. The molecule has 1 heterocycles. The Morgan fingerprint density at radius 1 is 1.20 bits per heavy atom. The number of hydrogen-bond donors (Lipinski definition) is 2. The third kappa shape index (κ3) is 4.91. The van der Waals surface area contributed by atoms with Crippen molar-refractivity contribution in [3.63, 3.8) is 0 Å². The van der Waals surface area contributed by atoms with Crippen LogP contribution in [0.15, 0.2) is 48.5 Å². The monoisotopic (exact) mass is 339 g/mol. The molecule has 1 aliphatic heterocycles. The standard InChI is InChI=1S/C21H26N2O2/c1-15-11-16(2)13-18(12-15)23-21(24)20(17-7-4-3-5-8-17)22-14-19-9-6-10-25-19/h3-5,7-8,11-13,19-20,22H,6,9-10,14H2,1-2H3,(H,23,24)/p+1/t19-,20+/m1/s1. The van der Waals surface area contributed by atoms with Crippen molar-refractivity contribution in [1.29, 1.82) is 0 Å². The highest BCUT2D eigenvalue weighted by Crippen LogP contribution is 2.17. The summed E-state index contributed by atoms with van der Waals surface area (Å²) in [5, 5.41) is 5.19. The number of carbonyl (C=O) groups is 1. The number of amides is 1. The number of nitrogens with two attached hydrogens (primary N) is 1. The minimum Gasteiger partial charge on any atom is -0.372 e.